The molecule has 1 aromatic heterocycles. The summed E-state index contributed by atoms with van der Waals surface area (Å²) in [5, 5.41) is 7.44. The first-order valence-electron chi connectivity index (χ1n) is 6.60. The first-order chi connectivity index (χ1) is 9.31. The molecule has 0 radical (unpaired) electrons. The molecule has 0 atom stereocenters. The quantitative estimate of drug-likeness (QED) is 0.913. The fourth-order valence-electron chi connectivity index (χ4n) is 2.42. The van der Waals surface area contributed by atoms with Gasteiger partial charge in [0, 0.05) is 16.5 Å². The van der Waals surface area contributed by atoms with Gasteiger partial charge in [0.2, 0.25) is 11.7 Å². The second kappa shape index (κ2) is 7.20. The Morgan fingerprint density at radius 3 is 2.85 bits per heavy atom. The maximum atomic E-state index is 5.36. The van der Waals surface area contributed by atoms with Gasteiger partial charge in [0.25, 0.3) is 0 Å². The summed E-state index contributed by atoms with van der Waals surface area (Å²) in [4.78, 5) is 4.50. The maximum absolute atomic E-state index is 5.36. The van der Waals surface area contributed by atoms with Gasteiger partial charge < -0.3 is 9.84 Å². The molecule has 0 bridgehead atoms. The van der Waals surface area contributed by atoms with Crippen molar-refractivity contribution in [1.29, 1.82) is 0 Å². The highest BCUT2D eigenvalue weighted by molar-refractivity contribution is 9.10. The average Bonchev–Trinajstić information content (AvgIpc) is 2.88. The molecule has 2 heterocycles. The van der Waals surface area contributed by atoms with Crippen molar-refractivity contribution in [3.8, 4) is 11.4 Å². The topological polar surface area (TPSA) is 51.0 Å². The van der Waals surface area contributed by atoms with Gasteiger partial charge in [0.15, 0.2) is 0 Å². The van der Waals surface area contributed by atoms with Crippen LogP contribution < -0.4 is 5.32 Å². The second-order valence-electron chi connectivity index (χ2n) is 4.92. The Morgan fingerprint density at radius 2 is 2.10 bits per heavy atom. The smallest absolute Gasteiger partial charge is 0.227 e. The second-order valence-corrected chi connectivity index (χ2v) is 5.84. The standard InChI is InChI=1S/C14H16BrN3O.ClH/c15-12-3-1-2-11(9-12)14-17-13(19-18-14)8-10-4-6-16-7-5-10;/h1-3,9-10,16H,4-8H2;1H. The lowest BCUT2D eigenvalue weighted by Crippen LogP contribution is -2.28. The largest absolute Gasteiger partial charge is 0.339 e. The van der Waals surface area contributed by atoms with E-state index in [0.717, 1.165) is 35.4 Å². The fourth-order valence-corrected chi connectivity index (χ4v) is 2.81. The SMILES string of the molecule is Brc1cccc(-c2noc(CC3CCNCC3)n2)c1.Cl. The number of halogens is 2. The van der Waals surface area contributed by atoms with E-state index in [1.54, 1.807) is 0 Å². The molecule has 0 aliphatic carbocycles. The van der Waals surface area contributed by atoms with E-state index in [-0.39, 0.29) is 12.4 Å². The van der Waals surface area contributed by atoms with Crippen LogP contribution in [0.15, 0.2) is 33.3 Å². The Hall–Kier alpha value is -0.910. The molecule has 1 fully saturated rings. The van der Waals surface area contributed by atoms with E-state index in [2.05, 4.69) is 31.4 Å². The average molecular weight is 359 g/mol. The van der Waals surface area contributed by atoms with E-state index in [0.29, 0.717) is 11.7 Å². The summed E-state index contributed by atoms with van der Waals surface area (Å²) < 4.78 is 6.39. The Kier molecular flexibility index (Phi) is 5.57. The van der Waals surface area contributed by atoms with Crippen LogP contribution in [0, 0.1) is 5.92 Å². The Labute approximate surface area is 132 Å². The van der Waals surface area contributed by atoms with Gasteiger partial charge in [-0.1, -0.05) is 33.2 Å². The molecule has 20 heavy (non-hydrogen) atoms. The lowest BCUT2D eigenvalue weighted by molar-refractivity contribution is 0.313. The third-order valence-corrected chi connectivity index (χ3v) is 3.97. The van der Waals surface area contributed by atoms with Gasteiger partial charge in [0.05, 0.1) is 0 Å². The molecule has 108 valence electrons. The number of hydrogen-bond donors (Lipinski definition) is 1. The number of nitrogens with zero attached hydrogens (tertiary/aromatic N) is 2. The summed E-state index contributed by atoms with van der Waals surface area (Å²) in [5.74, 6) is 2.09. The van der Waals surface area contributed by atoms with E-state index in [4.69, 9.17) is 4.52 Å². The number of nitrogens with one attached hydrogen (secondary N) is 1. The van der Waals surface area contributed by atoms with E-state index < -0.39 is 0 Å². The predicted octanol–water partition coefficient (Wildman–Crippen LogP) is 3.46. The fraction of sp³-hybridized carbons (Fsp3) is 0.429. The van der Waals surface area contributed by atoms with Crippen molar-refractivity contribution in [2.75, 3.05) is 13.1 Å². The van der Waals surface area contributed by atoms with Gasteiger partial charge in [-0.15, -0.1) is 12.4 Å². The first-order valence-corrected chi connectivity index (χ1v) is 7.40. The summed E-state index contributed by atoms with van der Waals surface area (Å²) in [7, 11) is 0. The van der Waals surface area contributed by atoms with Crippen LogP contribution in [0.4, 0.5) is 0 Å². The molecule has 4 nitrogen and oxygen atoms in total. The van der Waals surface area contributed by atoms with Crippen molar-refractivity contribution in [3.05, 3.63) is 34.6 Å². The van der Waals surface area contributed by atoms with Gasteiger partial charge in [-0.25, -0.2) is 0 Å². The highest BCUT2D eigenvalue weighted by Crippen LogP contribution is 2.22. The van der Waals surface area contributed by atoms with Gasteiger partial charge in [-0.2, -0.15) is 4.98 Å². The molecule has 0 unspecified atom stereocenters. The van der Waals surface area contributed by atoms with E-state index in [1.807, 2.05) is 24.3 Å². The van der Waals surface area contributed by atoms with Crippen molar-refractivity contribution in [3.63, 3.8) is 0 Å². The van der Waals surface area contributed by atoms with Crippen LogP contribution in [0.2, 0.25) is 0 Å². The normalized spacial score (nSPS) is 15.8. The van der Waals surface area contributed by atoms with Crippen molar-refractivity contribution in [2.24, 2.45) is 5.92 Å². The molecule has 2 aromatic rings. The molecule has 1 aromatic carbocycles. The third-order valence-electron chi connectivity index (χ3n) is 3.47. The van der Waals surface area contributed by atoms with E-state index in [1.165, 1.54) is 12.8 Å². The zero-order valence-electron chi connectivity index (χ0n) is 11.0. The van der Waals surface area contributed by atoms with Crippen LogP contribution in [0.3, 0.4) is 0 Å². The zero-order chi connectivity index (χ0) is 13.1. The lowest BCUT2D eigenvalue weighted by Gasteiger charge is -2.20. The van der Waals surface area contributed by atoms with Gasteiger partial charge in [-0.3, -0.25) is 0 Å². The summed E-state index contributed by atoms with van der Waals surface area (Å²) in [5.41, 5.74) is 0.981. The summed E-state index contributed by atoms with van der Waals surface area (Å²) in [6.45, 7) is 2.19. The molecule has 0 saturated carbocycles. The van der Waals surface area contributed by atoms with Crippen LogP contribution in [-0.2, 0) is 6.42 Å². The summed E-state index contributed by atoms with van der Waals surface area (Å²) in [6, 6.07) is 7.95. The summed E-state index contributed by atoms with van der Waals surface area (Å²) >= 11 is 3.45. The minimum absolute atomic E-state index is 0. The monoisotopic (exact) mass is 357 g/mol. The minimum Gasteiger partial charge on any atom is -0.339 e. The van der Waals surface area contributed by atoms with Crippen molar-refractivity contribution in [2.45, 2.75) is 19.3 Å². The number of hydrogen-bond acceptors (Lipinski definition) is 4. The molecule has 0 spiro atoms. The number of piperidine rings is 1. The summed E-state index contributed by atoms with van der Waals surface area (Å²) in [6.07, 6.45) is 3.27. The van der Waals surface area contributed by atoms with Crippen LogP contribution >= 0.6 is 28.3 Å². The molecular weight excluding hydrogens is 342 g/mol. The molecule has 6 heteroatoms. The van der Waals surface area contributed by atoms with Crippen LogP contribution in [0.25, 0.3) is 11.4 Å². The molecule has 1 N–H and O–H groups in total. The Bertz CT molecular complexity index is 555. The Balaban J connectivity index is 0.00000147. The first kappa shape index (κ1) is 15.5. The lowest BCUT2D eigenvalue weighted by atomic mass is 9.95. The highest BCUT2D eigenvalue weighted by Gasteiger charge is 2.17. The molecule has 1 aliphatic rings. The van der Waals surface area contributed by atoms with Crippen molar-refractivity contribution < 1.29 is 4.52 Å². The molecule has 1 saturated heterocycles. The zero-order valence-corrected chi connectivity index (χ0v) is 13.4. The molecule has 1 aliphatic heterocycles. The van der Waals surface area contributed by atoms with Crippen molar-refractivity contribution >= 4 is 28.3 Å². The van der Waals surface area contributed by atoms with Gasteiger partial charge >= 0.3 is 0 Å². The maximum Gasteiger partial charge on any atom is 0.227 e. The van der Waals surface area contributed by atoms with Crippen LogP contribution in [-0.4, -0.2) is 23.2 Å². The van der Waals surface area contributed by atoms with E-state index in [9.17, 15) is 0 Å². The van der Waals surface area contributed by atoms with E-state index >= 15 is 0 Å². The highest BCUT2D eigenvalue weighted by atomic mass is 79.9. The van der Waals surface area contributed by atoms with Crippen molar-refractivity contribution in [1.82, 2.24) is 15.5 Å². The van der Waals surface area contributed by atoms with Gasteiger partial charge in [-0.05, 0) is 44.0 Å². The number of aromatic nitrogens is 2. The molecule has 3 rings (SSSR count). The minimum atomic E-state index is 0. The van der Waals surface area contributed by atoms with Gasteiger partial charge in [0.1, 0.15) is 0 Å². The molecule has 0 amide bonds. The molecular formula is C14H17BrClN3O. The van der Waals surface area contributed by atoms with Crippen LogP contribution in [0.5, 0.6) is 0 Å². The Morgan fingerprint density at radius 1 is 1.30 bits per heavy atom. The third kappa shape index (κ3) is 3.81. The van der Waals surface area contributed by atoms with Crippen LogP contribution in [0.1, 0.15) is 18.7 Å². The number of rotatable bonds is 3. The predicted molar refractivity (Wildman–Crippen MR) is 84.0 cm³/mol. The number of benzene rings is 1.